The van der Waals surface area contributed by atoms with Gasteiger partial charge in [-0.1, -0.05) is 13.0 Å². The first kappa shape index (κ1) is 15.0. The summed E-state index contributed by atoms with van der Waals surface area (Å²) in [6.07, 6.45) is 0.409. The predicted molar refractivity (Wildman–Crippen MR) is 79.0 cm³/mol. The second-order valence-electron chi connectivity index (χ2n) is 4.53. The van der Waals surface area contributed by atoms with Crippen LogP contribution in [-0.2, 0) is 11.3 Å². The van der Waals surface area contributed by atoms with E-state index in [-0.39, 0.29) is 18.0 Å². The van der Waals surface area contributed by atoms with Crippen LogP contribution in [0.15, 0.2) is 42.5 Å². The highest BCUT2D eigenvalue weighted by molar-refractivity contribution is 5.90. The van der Waals surface area contributed by atoms with Crippen LogP contribution in [0.4, 0.5) is 20.2 Å². The van der Waals surface area contributed by atoms with Crippen molar-refractivity contribution in [3.05, 3.63) is 59.7 Å². The van der Waals surface area contributed by atoms with Gasteiger partial charge < -0.3 is 10.6 Å². The average molecular weight is 290 g/mol. The molecule has 0 atom stereocenters. The third-order valence-electron chi connectivity index (χ3n) is 3.02. The van der Waals surface area contributed by atoms with Gasteiger partial charge in [0.2, 0.25) is 5.91 Å². The van der Waals surface area contributed by atoms with Crippen molar-refractivity contribution in [1.29, 1.82) is 0 Å². The summed E-state index contributed by atoms with van der Waals surface area (Å²) < 4.78 is 26.9. The molecule has 2 rings (SSSR count). The van der Waals surface area contributed by atoms with Gasteiger partial charge in [-0.3, -0.25) is 4.79 Å². The number of nitrogens with one attached hydrogen (secondary N) is 2. The lowest BCUT2D eigenvalue weighted by Crippen LogP contribution is -2.09. The number of carbonyl (C=O) groups is 1. The molecule has 0 heterocycles. The molecule has 0 saturated heterocycles. The molecular weight excluding hydrogens is 274 g/mol. The largest absolute Gasteiger partial charge is 0.381 e. The third kappa shape index (κ3) is 4.02. The summed E-state index contributed by atoms with van der Waals surface area (Å²) in [5, 5.41) is 5.67. The highest BCUT2D eigenvalue weighted by Gasteiger charge is 2.07. The van der Waals surface area contributed by atoms with Crippen LogP contribution in [0.25, 0.3) is 0 Å². The first-order valence-electron chi connectivity index (χ1n) is 6.67. The number of benzene rings is 2. The van der Waals surface area contributed by atoms with Crippen molar-refractivity contribution in [3.8, 4) is 0 Å². The van der Waals surface area contributed by atoms with E-state index in [1.54, 1.807) is 31.2 Å². The minimum Gasteiger partial charge on any atom is -0.381 e. The molecular formula is C16H16F2N2O. The quantitative estimate of drug-likeness (QED) is 0.876. The number of anilines is 2. The van der Waals surface area contributed by atoms with Crippen LogP contribution in [0.2, 0.25) is 0 Å². The second kappa shape index (κ2) is 6.83. The van der Waals surface area contributed by atoms with E-state index >= 15 is 0 Å². The Balaban J connectivity index is 1.99. The molecule has 0 saturated carbocycles. The first-order valence-corrected chi connectivity index (χ1v) is 6.67. The van der Waals surface area contributed by atoms with Crippen LogP contribution in [0, 0.1) is 11.6 Å². The van der Waals surface area contributed by atoms with Crippen molar-refractivity contribution >= 4 is 17.3 Å². The number of amides is 1. The SMILES string of the molecule is CCC(=O)Nc1ccc(NCc2c(F)cccc2F)cc1. The minimum atomic E-state index is -0.575. The molecule has 0 fully saturated rings. The molecule has 3 nitrogen and oxygen atoms in total. The van der Waals surface area contributed by atoms with E-state index in [0.29, 0.717) is 17.8 Å². The maximum absolute atomic E-state index is 13.5. The lowest BCUT2D eigenvalue weighted by molar-refractivity contribution is -0.115. The molecule has 0 bridgehead atoms. The Morgan fingerprint density at radius 2 is 1.57 bits per heavy atom. The van der Waals surface area contributed by atoms with Gasteiger partial charge in [0.05, 0.1) is 0 Å². The second-order valence-corrected chi connectivity index (χ2v) is 4.53. The Kier molecular flexibility index (Phi) is 4.87. The van der Waals surface area contributed by atoms with Crippen LogP contribution in [-0.4, -0.2) is 5.91 Å². The van der Waals surface area contributed by atoms with Crippen molar-refractivity contribution < 1.29 is 13.6 Å². The van der Waals surface area contributed by atoms with Gasteiger partial charge in [0.25, 0.3) is 0 Å². The molecule has 0 aromatic heterocycles. The highest BCUT2D eigenvalue weighted by Crippen LogP contribution is 2.17. The Morgan fingerprint density at radius 3 is 2.14 bits per heavy atom. The molecule has 0 spiro atoms. The molecule has 2 N–H and O–H groups in total. The van der Waals surface area contributed by atoms with Crippen LogP contribution < -0.4 is 10.6 Å². The molecule has 0 unspecified atom stereocenters. The predicted octanol–water partition coefficient (Wildman–Crippen LogP) is 3.93. The monoisotopic (exact) mass is 290 g/mol. The molecule has 1 amide bonds. The van der Waals surface area contributed by atoms with Gasteiger partial charge in [-0.15, -0.1) is 0 Å². The van der Waals surface area contributed by atoms with Crippen molar-refractivity contribution in [2.75, 3.05) is 10.6 Å². The van der Waals surface area contributed by atoms with Gasteiger partial charge in [-0.25, -0.2) is 8.78 Å². The molecule has 0 aliphatic rings. The average Bonchev–Trinajstić information content (AvgIpc) is 2.48. The Hall–Kier alpha value is -2.43. The van der Waals surface area contributed by atoms with Crippen molar-refractivity contribution in [1.82, 2.24) is 0 Å². The molecule has 0 aliphatic heterocycles. The van der Waals surface area contributed by atoms with Gasteiger partial charge in [0, 0.05) is 29.9 Å². The third-order valence-corrected chi connectivity index (χ3v) is 3.02. The fraction of sp³-hybridized carbons (Fsp3) is 0.188. The molecule has 0 aliphatic carbocycles. The Labute approximate surface area is 122 Å². The van der Waals surface area contributed by atoms with Crippen LogP contribution in [0.5, 0.6) is 0 Å². The van der Waals surface area contributed by atoms with E-state index in [2.05, 4.69) is 10.6 Å². The summed E-state index contributed by atoms with van der Waals surface area (Å²) in [5.41, 5.74) is 1.40. The van der Waals surface area contributed by atoms with Crippen molar-refractivity contribution in [2.24, 2.45) is 0 Å². The maximum atomic E-state index is 13.5. The highest BCUT2D eigenvalue weighted by atomic mass is 19.1. The normalized spacial score (nSPS) is 10.2. The van der Waals surface area contributed by atoms with Crippen LogP contribution in [0.1, 0.15) is 18.9 Å². The number of hydrogen-bond acceptors (Lipinski definition) is 2. The summed E-state index contributed by atoms with van der Waals surface area (Å²) in [4.78, 5) is 11.2. The zero-order chi connectivity index (χ0) is 15.2. The Morgan fingerprint density at radius 1 is 1.00 bits per heavy atom. The maximum Gasteiger partial charge on any atom is 0.224 e. The lowest BCUT2D eigenvalue weighted by atomic mass is 10.2. The van der Waals surface area contributed by atoms with E-state index in [1.165, 1.54) is 18.2 Å². The van der Waals surface area contributed by atoms with Gasteiger partial charge in [0.1, 0.15) is 11.6 Å². The molecule has 2 aromatic rings. The van der Waals surface area contributed by atoms with Gasteiger partial charge in [-0.2, -0.15) is 0 Å². The molecule has 110 valence electrons. The van der Waals surface area contributed by atoms with Gasteiger partial charge in [0.15, 0.2) is 0 Å². The fourth-order valence-corrected chi connectivity index (χ4v) is 1.81. The topological polar surface area (TPSA) is 41.1 Å². The van der Waals surface area contributed by atoms with Crippen molar-refractivity contribution in [3.63, 3.8) is 0 Å². The number of carbonyl (C=O) groups excluding carboxylic acids is 1. The zero-order valence-electron chi connectivity index (χ0n) is 11.6. The molecule has 21 heavy (non-hydrogen) atoms. The van der Waals surface area contributed by atoms with Gasteiger partial charge >= 0.3 is 0 Å². The summed E-state index contributed by atoms with van der Waals surface area (Å²) >= 11 is 0. The standard InChI is InChI=1S/C16H16F2N2O/c1-2-16(21)20-12-8-6-11(7-9-12)19-10-13-14(17)4-3-5-15(13)18/h3-9,19H,2,10H2,1H3,(H,20,21). The van der Waals surface area contributed by atoms with E-state index < -0.39 is 11.6 Å². The molecule has 5 heteroatoms. The number of halogens is 2. The van der Waals surface area contributed by atoms with Crippen LogP contribution in [0.3, 0.4) is 0 Å². The summed E-state index contributed by atoms with van der Waals surface area (Å²) in [7, 11) is 0. The Bertz CT molecular complexity index is 606. The van der Waals surface area contributed by atoms with E-state index in [0.717, 1.165) is 0 Å². The smallest absolute Gasteiger partial charge is 0.224 e. The van der Waals surface area contributed by atoms with Crippen molar-refractivity contribution in [2.45, 2.75) is 19.9 Å². The molecule has 2 aromatic carbocycles. The zero-order valence-corrected chi connectivity index (χ0v) is 11.6. The van der Waals surface area contributed by atoms with Gasteiger partial charge in [-0.05, 0) is 36.4 Å². The summed E-state index contributed by atoms with van der Waals surface area (Å²) in [6, 6.07) is 10.7. The summed E-state index contributed by atoms with van der Waals surface area (Å²) in [5.74, 6) is -1.22. The molecule has 0 radical (unpaired) electrons. The minimum absolute atomic E-state index is 0.000798. The van der Waals surface area contributed by atoms with E-state index in [4.69, 9.17) is 0 Å². The van der Waals surface area contributed by atoms with E-state index in [1.807, 2.05) is 0 Å². The summed E-state index contributed by atoms with van der Waals surface area (Å²) in [6.45, 7) is 1.83. The number of hydrogen-bond donors (Lipinski definition) is 2. The number of rotatable bonds is 5. The first-order chi connectivity index (χ1) is 10.1. The lowest BCUT2D eigenvalue weighted by Gasteiger charge is -2.09. The fourth-order valence-electron chi connectivity index (χ4n) is 1.81. The van der Waals surface area contributed by atoms with E-state index in [9.17, 15) is 13.6 Å². The van der Waals surface area contributed by atoms with Crippen LogP contribution >= 0.6 is 0 Å².